The van der Waals surface area contributed by atoms with E-state index in [-0.39, 0.29) is 5.25 Å². The van der Waals surface area contributed by atoms with E-state index < -0.39 is 12.7 Å². The van der Waals surface area contributed by atoms with E-state index in [0.717, 1.165) is 9.37 Å². The minimum atomic E-state index is -4.14. The van der Waals surface area contributed by atoms with Crippen molar-refractivity contribution in [1.82, 2.24) is 5.32 Å². The molecule has 0 saturated heterocycles. The van der Waals surface area contributed by atoms with Crippen molar-refractivity contribution in [2.24, 2.45) is 0 Å². The molecule has 1 unspecified atom stereocenters. The molecule has 0 aliphatic rings. The van der Waals surface area contributed by atoms with Crippen molar-refractivity contribution in [3.63, 3.8) is 0 Å². The highest BCUT2D eigenvalue weighted by molar-refractivity contribution is 9.10. The van der Waals surface area contributed by atoms with Crippen molar-refractivity contribution >= 4 is 27.7 Å². The van der Waals surface area contributed by atoms with Crippen LogP contribution in [-0.2, 0) is 0 Å². The van der Waals surface area contributed by atoms with Gasteiger partial charge in [-0.3, -0.25) is 0 Å². The monoisotopic (exact) mass is 327 g/mol. The van der Waals surface area contributed by atoms with Gasteiger partial charge in [0, 0.05) is 21.2 Å². The summed E-state index contributed by atoms with van der Waals surface area (Å²) in [4.78, 5) is 1.04. The number of benzene rings is 1. The molecule has 0 bridgehead atoms. The SMILES string of the molecule is CC(CNCC(F)(F)F)Sc1ccccc1Br. The second-order valence-electron chi connectivity index (χ2n) is 3.60. The first-order chi connectivity index (χ1) is 7.88. The third-order valence-corrected chi connectivity index (χ3v) is 4.05. The van der Waals surface area contributed by atoms with E-state index >= 15 is 0 Å². The normalized spacial score (nSPS) is 13.7. The second-order valence-corrected chi connectivity index (χ2v) is 5.94. The Hall–Kier alpha value is -0.200. The minimum Gasteiger partial charge on any atom is -0.308 e. The number of hydrogen-bond donors (Lipinski definition) is 1. The first-order valence-corrected chi connectivity index (χ1v) is 6.74. The van der Waals surface area contributed by atoms with Gasteiger partial charge in [-0.15, -0.1) is 11.8 Å². The van der Waals surface area contributed by atoms with Crippen LogP contribution >= 0.6 is 27.7 Å². The summed E-state index contributed by atoms with van der Waals surface area (Å²) in [5.74, 6) is 0. The zero-order valence-electron chi connectivity index (χ0n) is 9.22. The van der Waals surface area contributed by atoms with Crippen LogP contribution in [0.3, 0.4) is 0 Å². The Bertz CT molecular complexity index is 357. The van der Waals surface area contributed by atoms with Crippen molar-refractivity contribution in [2.45, 2.75) is 23.2 Å². The van der Waals surface area contributed by atoms with E-state index in [4.69, 9.17) is 0 Å². The summed E-state index contributed by atoms with van der Waals surface area (Å²) in [5.41, 5.74) is 0. The van der Waals surface area contributed by atoms with Crippen LogP contribution in [0.1, 0.15) is 6.92 Å². The Balaban J connectivity index is 2.35. The molecule has 1 atom stereocenters. The lowest BCUT2D eigenvalue weighted by atomic mass is 10.4. The highest BCUT2D eigenvalue weighted by atomic mass is 79.9. The Labute approximate surface area is 111 Å². The molecular formula is C11H13BrF3NS. The van der Waals surface area contributed by atoms with Gasteiger partial charge in [-0.1, -0.05) is 19.1 Å². The van der Waals surface area contributed by atoms with E-state index in [1.807, 2.05) is 31.2 Å². The van der Waals surface area contributed by atoms with Crippen LogP contribution in [0.25, 0.3) is 0 Å². The lowest BCUT2D eigenvalue weighted by molar-refractivity contribution is -0.124. The molecule has 0 saturated carbocycles. The first kappa shape index (κ1) is 14.9. The van der Waals surface area contributed by atoms with Gasteiger partial charge < -0.3 is 5.32 Å². The van der Waals surface area contributed by atoms with Crippen LogP contribution < -0.4 is 5.32 Å². The summed E-state index contributed by atoms with van der Waals surface area (Å²) in [6.45, 7) is 1.28. The molecule has 0 spiro atoms. The predicted octanol–water partition coefficient (Wildman–Crippen LogP) is 4.08. The molecule has 0 aromatic heterocycles. The summed E-state index contributed by atoms with van der Waals surface area (Å²) in [6, 6.07) is 7.66. The first-order valence-electron chi connectivity index (χ1n) is 5.07. The fourth-order valence-electron chi connectivity index (χ4n) is 1.22. The molecular weight excluding hydrogens is 315 g/mol. The zero-order chi connectivity index (χ0) is 12.9. The van der Waals surface area contributed by atoms with Crippen molar-refractivity contribution in [2.75, 3.05) is 13.1 Å². The number of hydrogen-bond acceptors (Lipinski definition) is 2. The van der Waals surface area contributed by atoms with Gasteiger partial charge >= 0.3 is 6.18 Å². The van der Waals surface area contributed by atoms with Crippen LogP contribution in [-0.4, -0.2) is 24.5 Å². The molecule has 1 rings (SSSR count). The number of thioether (sulfide) groups is 1. The van der Waals surface area contributed by atoms with Gasteiger partial charge in [-0.25, -0.2) is 0 Å². The molecule has 1 aromatic rings. The van der Waals surface area contributed by atoms with Crippen LogP contribution in [0.15, 0.2) is 33.6 Å². The number of alkyl halides is 3. The summed E-state index contributed by atoms with van der Waals surface area (Å²) in [6.07, 6.45) is -4.14. The number of rotatable bonds is 5. The molecule has 1 nitrogen and oxygen atoms in total. The van der Waals surface area contributed by atoms with Crippen LogP contribution in [0.4, 0.5) is 13.2 Å². The maximum absolute atomic E-state index is 11.9. The third-order valence-electron chi connectivity index (χ3n) is 1.92. The Kier molecular flexibility index (Phi) is 5.82. The lowest BCUT2D eigenvalue weighted by Crippen LogP contribution is -2.32. The van der Waals surface area contributed by atoms with E-state index in [1.54, 1.807) is 11.8 Å². The van der Waals surface area contributed by atoms with E-state index in [1.165, 1.54) is 0 Å². The van der Waals surface area contributed by atoms with Crippen LogP contribution in [0, 0.1) is 0 Å². The largest absolute Gasteiger partial charge is 0.401 e. The molecule has 0 amide bonds. The molecule has 0 fully saturated rings. The molecule has 0 heterocycles. The van der Waals surface area contributed by atoms with Gasteiger partial charge in [0.25, 0.3) is 0 Å². The van der Waals surface area contributed by atoms with Gasteiger partial charge in [0.1, 0.15) is 0 Å². The minimum absolute atomic E-state index is 0.0797. The maximum Gasteiger partial charge on any atom is 0.401 e. The topological polar surface area (TPSA) is 12.0 Å². The van der Waals surface area contributed by atoms with Crippen molar-refractivity contribution in [3.05, 3.63) is 28.7 Å². The van der Waals surface area contributed by atoms with Gasteiger partial charge in [0.05, 0.1) is 6.54 Å². The molecule has 0 radical (unpaired) electrons. The summed E-state index contributed by atoms with van der Waals surface area (Å²) in [7, 11) is 0. The molecule has 1 N–H and O–H groups in total. The van der Waals surface area contributed by atoms with E-state index in [9.17, 15) is 13.2 Å². The van der Waals surface area contributed by atoms with Crippen molar-refractivity contribution < 1.29 is 13.2 Å². The molecule has 17 heavy (non-hydrogen) atoms. The summed E-state index contributed by atoms with van der Waals surface area (Å²) in [5, 5.41) is 2.48. The lowest BCUT2D eigenvalue weighted by Gasteiger charge is -2.14. The van der Waals surface area contributed by atoms with E-state index in [0.29, 0.717) is 6.54 Å². The molecule has 1 aromatic carbocycles. The zero-order valence-corrected chi connectivity index (χ0v) is 11.6. The standard InChI is InChI=1S/C11H13BrF3NS/c1-8(6-16-7-11(13,14)15)17-10-5-3-2-4-9(10)12/h2-5,8,16H,6-7H2,1H3. The smallest absolute Gasteiger partial charge is 0.308 e. The fraction of sp³-hybridized carbons (Fsp3) is 0.455. The summed E-state index contributed by atoms with van der Waals surface area (Å²) < 4.78 is 36.7. The van der Waals surface area contributed by atoms with Crippen molar-refractivity contribution in [1.29, 1.82) is 0 Å². The second kappa shape index (κ2) is 6.66. The quantitative estimate of drug-likeness (QED) is 0.818. The van der Waals surface area contributed by atoms with Crippen LogP contribution in [0.5, 0.6) is 0 Å². The highest BCUT2D eigenvalue weighted by Gasteiger charge is 2.26. The number of halogens is 4. The maximum atomic E-state index is 11.9. The summed E-state index contributed by atoms with van der Waals surface area (Å²) >= 11 is 4.95. The fourth-order valence-corrected chi connectivity index (χ4v) is 2.75. The third kappa shape index (κ3) is 6.33. The molecule has 96 valence electrons. The number of nitrogens with one attached hydrogen (secondary N) is 1. The van der Waals surface area contributed by atoms with E-state index in [2.05, 4.69) is 21.2 Å². The highest BCUT2D eigenvalue weighted by Crippen LogP contribution is 2.30. The van der Waals surface area contributed by atoms with Crippen LogP contribution in [0.2, 0.25) is 0 Å². The molecule has 0 aliphatic heterocycles. The molecule has 6 heteroatoms. The molecule has 0 aliphatic carbocycles. The average Bonchev–Trinajstić information content (AvgIpc) is 2.19. The van der Waals surface area contributed by atoms with Crippen molar-refractivity contribution in [3.8, 4) is 0 Å². The average molecular weight is 328 g/mol. The predicted molar refractivity (Wildman–Crippen MR) is 68.4 cm³/mol. The van der Waals surface area contributed by atoms with Gasteiger partial charge in [-0.05, 0) is 28.1 Å². The van der Waals surface area contributed by atoms with Gasteiger partial charge in [-0.2, -0.15) is 13.2 Å². The Morgan fingerprint density at radius 1 is 1.35 bits per heavy atom. The van der Waals surface area contributed by atoms with Gasteiger partial charge in [0.2, 0.25) is 0 Å². The Morgan fingerprint density at radius 3 is 2.59 bits per heavy atom. The Morgan fingerprint density at radius 2 is 2.00 bits per heavy atom. The van der Waals surface area contributed by atoms with Gasteiger partial charge in [0.15, 0.2) is 0 Å².